The summed E-state index contributed by atoms with van der Waals surface area (Å²) in [6, 6.07) is 9.82. The lowest BCUT2D eigenvalue weighted by atomic mass is 10.1. The molecule has 6 nitrogen and oxygen atoms in total. The van der Waals surface area contributed by atoms with Crippen molar-refractivity contribution in [2.75, 3.05) is 7.05 Å². The van der Waals surface area contributed by atoms with E-state index in [-0.39, 0.29) is 23.6 Å². The van der Waals surface area contributed by atoms with Crippen molar-refractivity contribution >= 4 is 11.8 Å². The zero-order chi connectivity index (χ0) is 16.4. The molecule has 1 fully saturated rings. The number of nitrogens with zero attached hydrogens (tertiary/aromatic N) is 2. The van der Waals surface area contributed by atoms with Crippen molar-refractivity contribution in [1.82, 2.24) is 20.4 Å². The van der Waals surface area contributed by atoms with E-state index in [0.717, 1.165) is 18.4 Å². The first kappa shape index (κ1) is 15.3. The summed E-state index contributed by atoms with van der Waals surface area (Å²) in [5.74, 6) is -0.476. The number of hydrogen-bond acceptors (Lipinski definition) is 3. The van der Waals surface area contributed by atoms with E-state index >= 15 is 0 Å². The monoisotopic (exact) mass is 312 g/mol. The highest BCUT2D eigenvalue weighted by Crippen LogP contribution is 2.19. The third-order valence-corrected chi connectivity index (χ3v) is 3.84. The summed E-state index contributed by atoms with van der Waals surface area (Å²) in [7, 11) is 1.56. The predicted molar refractivity (Wildman–Crippen MR) is 86.4 cm³/mol. The van der Waals surface area contributed by atoms with Gasteiger partial charge < -0.3 is 10.6 Å². The lowest BCUT2D eigenvalue weighted by Gasteiger charge is -2.07. The zero-order valence-electron chi connectivity index (χ0n) is 13.3. The smallest absolute Gasteiger partial charge is 0.272 e. The number of carbonyl (C=O) groups is 2. The molecule has 6 heteroatoms. The average Bonchev–Trinajstić information content (AvgIpc) is 3.26. The molecule has 0 aliphatic heterocycles. The topological polar surface area (TPSA) is 76.0 Å². The fourth-order valence-corrected chi connectivity index (χ4v) is 2.31. The van der Waals surface area contributed by atoms with Gasteiger partial charge in [0.05, 0.1) is 6.54 Å². The van der Waals surface area contributed by atoms with E-state index in [1.165, 1.54) is 5.56 Å². The predicted octanol–water partition coefficient (Wildman–Crippen LogP) is 1.49. The third-order valence-electron chi connectivity index (χ3n) is 3.84. The van der Waals surface area contributed by atoms with Crippen LogP contribution in [0.2, 0.25) is 0 Å². The number of aryl methyl sites for hydroxylation is 1. The van der Waals surface area contributed by atoms with Crippen molar-refractivity contribution in [1.29, 1.82) is 0 Å². The van der Waals surface area contributed by atoms with Crippen molar-refractivity contribution in [2.24, 2.45) is 0 Å². The number of benzene rings is 1. The van der Waals surface area contributed by atoms with Gasteiger partial charge in [-0.15, -0.1) is 0 Å². The summed E-state index contributed by atoms with van der Waals surface area (Å²) in [5.41, 5.74) is 2.86. The van der Waals surface area contributed by atoms with Gasteiger partial charge in [-0.2, -0.15) is 5.10 Å². The fraction of sp³-hybridized carbons (Fsp3) is 0.353. The SMILES string of the molecule is CNC(=O)c1cc(C(=O)NC2CC2)nn1Cc1ccc(C)cc1. The van der Waals surface area contributed by atoms with E-state index in [9.17, 15) is 9.59 Å². The molecule has 1 saturated carbocycles. The van der Waals surface area contributed by atoms with Crippen molar-refractivity contribution in [2.45, 2.75) is 32.4 Å². The molecule has 1 aromatic carbocycles. The molecule has 0 unspecified atom stereocenters. The molecule has 0 radical (unpaired) electrons. The molecule has 2 amide bonds. The summed E-state index contributed by atoms with van der Waals surface area (Å²) in [4.78, 5) is 24.2. The van der Waals surface area contributed by atoms with Gasteiger partial charge in [-0.05, 0) is 25.3 Å². The Hall–Kier alpha value is -2.63. The number of nitrogens with one attached hydrogen (secondary N) is 2. The van der Waals surface area contributed by atoms with Crippen LogP contribution in [0.5, 0.6) is 0 Å². The van der Waals surface area contributed by atoms with Gasteiger partial charge in [0.25, 0.3) is 11.8 Å². The molecule has 2 aromatic rings. The van der Waals surface area contributed by atoms with Gasteiger partial charge in [-0.3, -0.25) is 14.3 Å². The summed E-state index contributed by atoms with van der Waals surface area (Å²) in [6.07, 6.45) is 2.02. The Balaban J connectivity index is 1.86. The Labute approximate surface area is 134 Å². The molecule has 0 saturated heterocycles. The van der Waals surface area contributed by atoms with Crippen LogP contribution in [0.15, 0.2) is 30.3 Å². The molecule has 1 aliphatic rings. The first-order chi connectivity index (χ1) is 11.1. The summed E-state index contributed by atoms with van der Waals surface area (Å²) >= 11 is 0. The zero-order valence-corrected chi connectivity index (χ0v) is 13.3. The van der Waals surface area contributed by atoms with Gasteiger partial charge in [-0.1, -0.05) is 29.8 Å². The highest BCUT2D eigenvalue weighted by atomic mass is 16.2. The number of aromatic nitrogens is 2. The van der Waals surface area contributed by atoms with Crippen molar-refractivity contribution in [3.05, 3.63) is 52.8 Å². The van der Waals surface area contributed by atoms with E-state index in [0.29, 0.717) is 12.2 Å². The average molecular weight is 312 g/mol. The van der Waals surface area contributed by atoms with Gasteiger partial charge in [0, 0.05) is 19.2 Å². The molecule has 3 rings (SSSR count). The number of rotatable bonds is 5. The van der Waals surface area contributed by atoms with Crippen LogP contribution in [-0.2, 0) is 6.54 Å². The largest absolute Gasteiger partial charge is 0.354 e. The molecule has 0 spiro atoms. The quantitative estimate of drug-likeness (QED) is 0.878. The summed E-state index contributed by atoms with van der Waals surface area (Å²) < 4.78 is 1.57. The van der Waals surface area contributed by atoms with Crippen LogP contribution in [-0.4, -0.2) is 34.7 Å². The minimum Gasteiger partial charge on any atom is -0.354 e. The fourth-order valence-electron chi connectivity index (χ4n) is 2.31. The maximum atomic E-state index is 12.2. The Kier molecular flexibility index (Phi) is 4.14. The van der Waals surface area contributed by atoms with E-state index in [1.54, 1.807) is 17.8 Å². The molecule has 1 heterocycles. The van der Waals surface area contributed by atoms with Crippen molar-refractivity contribution < 1.29 is 9.59 Å². The standard InChI is InChI=1S/C17H20N4O2/c1-11-3-5-12(6-4-11)10-21-15(17(23)18-2)9-14(20-21)16(22)19-13-7-8-13/h3-6,9,13H,7-8,10H2,1-2H3,(H,18,23)(H,19,22). The number of carbonyl (C=O) groups excluding carboxylic acids is 2. The minimum atomic E-state index is -0.255. The van der Waals surface area contributed by atoms with Crippen molar-refractivity contribution in [3.8, 4) is 0 Å². The maximum Gasteiger partial charge on any atom is 0.272 e. The Morgan fingerprint density at radius 2 is 1.91 bits per heavy atom. The number of hydrogen-bond donors (Lipinski definition) is 2. The van der Waals surface area contributed by atoms with Crippen LogP contribution in [0.25, 0.3) is 0 Å². The van der Waals surface area contributed by atoms with Gasteiger partial charge in [-0.25, -0.2) is 0 Å². The van der Waals surface area contributed by atoms with E-state index in [2.05, 4.69) is 15.7 Å². The van der Waals surface area contributed by atoms with E-state index < -0.39 is 0 Å². The second-order valence-corrected chi connectivity index (χ2v) is 5.88. The molecule has 0 bridgehead atoms. The van der Waals surface area contributed by atoms with Gasteiger partial charge in [0.15, 0.2) is 5.69 Å². The van der Waals surface area contributed by atoms with Gasteiger partial charge in [0.1, 0.15) is 5.69 Å². The molecular weight excluding hydrogens is 292 g/mol. The van der Waals surface area contributed by atoms with Crippen LogP contribution in [0.4, 0.5) is 0 Å². The first-order valence-corrected chi connectivity index (χ1v) is 7.73. The Bertz CT molecular complexity index is 730. The maximum absolute atomic E-state index is 12.2. The number of amides is 2. The summed E-state index contributed by atoms with van der Waals surface area (Å²) in [5, 5.41) is 9.80. The minimum absolute atomic E-state index is 0.222. The van der Waals surface area contributed by atoms with Crippen LogP contribution >= 0.6 is 0 Å². The Morgan fingerprint density at radius 1 is 1.22 bits per heavy atom. The lowest BCUT2D eigenvalue weighted by Crippen LogP contribution is -2.25. The van der Waals surface area contributed by atoms with Crippen LogP contribution in [0.1, 0.15) is 44.9 Å². The second-order valence-electron chi connectivity index (χ2n) is 5.88. The van der Waals surface area contributed by atoms with Gasteiger partial charge >= 0.3 is 0 Å². The van der Waals surface area contributed by atoms with Gasteiger partial charge in [0.2, 0.25) is 0 Å². The Morgan fingerprint density at radius 3 is 2.52 bits per heavy atom. The first-order valence-electron chi connectivity index (χ1n) is 7.73. The van der Waals surface area contributed by atoms with Crippen LogP contribution < -0.4 is 10.6 Å². The third kappa shape index (κ3) is 3.59. The van der Waals surface area contributed by atoms with Crippen molar-refractivity contribution in [3.63, 3.8) is 0 Å². The highest BCUT2D eigenvalue weighted by Gasteiger charge is 2.26. The van der Waals surface area contributed by atoms with E-state index in [4.69, 9.17) is 0 Å². The molecule has 120 valence electrons. The lowest BCUT2D eigenvalue weighted by molar-refractivity contribution is 0.0940. The molecule has 1 aromatic heterocycles. The highest BCUT2D eigenvalue weighted by molar-refractivity contribution is 5.98. The van der Waals surface area contributed by atoms with Crippen LogP contribution in [0, 0.1) is 6.92 Å². The normalized spacial score (nSPS) is 13.7. The molecule has 2 N–H and O–H groups in total. The summed E-state index contributed by atoms with van der Waals surface area (Å²) in [6.45, 7) is 2.47. The molecule has 0 atom stereocenters. The van der Waals surface area contributed by atoms with E-state index in [1.807, 2.05) is 31.2 Å². The molecular formula is C17H20N4O2. The molecule has 1 aliphatic carbocycles. The van der Waals surface area contributed by atoms with Crippen LogP contribution in [0.3, 0.4) is 0 Å². The second kappa shape index (κ2) is 6.24. The molecule has 23 heavy (non-hydrogen) atoms.